The highest BCUT2D eigenvalue weighted by molar-refractivity contribution is 6.76. The molecule has 4 heterocycles. The molecule has 11 nitrogen and oxygen atoms in total. The molecule has 5 rings (SSSR count). The van der Waals surface area contributed by atoms with Crippen molar-refractivity contribution in [2.75, 3.05) is 6.61 Å². The van der Waals surface area contributed by atoms with E-state index in [1.165, 1.54) is 12.6 Å². The largest absolute Gasteiger partial charge is 0.468 e. The van der Waals surface area contributed by atoms with Crippen LogP contribution < -0.4 is 4.74 Å². The first kappa shape index (κ1) is 21.2. The Hall–Kier alpha value is -3.64. The number of rotatable bonds is 9. The van der Waals surface area contributed by atoms with Gasteiger partial charge in [0, 0.05) is 31.5 Å². The van der Waals surface area contributed by atoms with Crippen molar-refractivity contribution in [1.82, 2.24) is 39.7 Å². The minimum absolute atomic E-state index is 0.182. The SMILES string of the molecule is C[Si](C)(C)CCOCn1ncnc1COc1nn2c(-c3ccon3)nnc2c2ccccc12. The summed E-state index contributed by atoms with van der Waals surface area (Å²) < 4.78 is 20.2. The third kappa shape index (κ3) is 4.47. The van der Waals surface area contributed by atoms with Crippen molar-refractivity contribution in [2.45, 2.75) is 39.0 Å². The van der Waals surface area contributed by atoms with Crippen molar-refractivity contribution in [1.29, 1.82) is 0 Å². The predicted molar refractivity (Wildman–Crippen MR) is 122 cm³/mol. The van der Waals surface area contributed by atoms with Crippen LogP contribution in [0.5, 0.6) is 5.88 Å². The molecule has 5 aromatic rings. The molecule has 1 aromatic carbocycles. The minimum Gasteiger partial charge on any atom is -0.468 e. The van der Waals surface area contributed by atoms with Gasteiger partial charge in [0.15, 0.2) is 17.2 Å². The van der Waals surface area contributed by atoms with Gasteiger partial charge in [-0.25, -0.2) is 9.67 Å². The molecular weight excluding hydrogens is 440 g/mol. The molecule has 0 atom stereocenters. The van der Waals surface area contributed by atoms with Crippen LogP contribution in [0.25, 0.3) is 27.9 Å². The molecule has 0 aliphatic heterocycles. The Morgan fingerprint density at radius 1 is 1.06 bits per heavy atom. The fourth-order valence-electron chi connectivity index (χ4n) is 3.32. The van der Waals surface area contributed by atoms with Gasteiger partial charge in [-0.3, -0.25) is 0 Å². The summed E-state index contributed by atoms with van der Waals surface area (Å²) in [7, 11) is -1.15. The van der Waals surface area contributed by atoms with Gasteiger partial charge < -0.3 is 14.0 Å². The Labute approximate surface area is 190 Å². The quantitative estimate of drug-likeness (QED) is 0.239. The summed E-state index contributed by atoms with van der Waals surface area (Å²) in [4.78, 5) is 4.32. The Morgan fingerprint density at radius 2 is 1.91 bits per heavy atom. The molecule has 0 aliphatic carbocycles. The lowest BCUT2D eigenvalue weighted by Crippen LogP contribution is -2.22. The van der Waals surface area contributed by atoms with Crippen LogP contribution in [0.3, 0.4) is 0 Å². The van der Waals surface area contributed by atoms with E-state index >= 15 is 0 Å². The predicted octanol–water partition coefficient (Wildman–Crippen LogP) is 3.42. The van der Waals surface area contributed by atoms with Gasteiger partial charge in [0.2, 0.25) is 11.7 Å². The van der Waals surface area contributed by atoms with Gasteiger partial charge in [-0.1, -0.05) is 43.0 Å². The molecule has 33 heavy (non-hydrogen) atoms. The summed E-state index contributed by atoms with van der Waals surface area (Å²) in [5, 5.41) is 23.1. The van der Waals surface area contributed by atoms with E-state index in [4.69, 9.17) is 14.0 Å². The second-order valence-electron chi connectivity index (χ2n) is 8.81. The Kier molecular flexibility index (Phi) is 5.60. The number of aromatic nitrogens is 8. The fourth-order valence-corrected chi connectivity index (χ4v) is 4.07. The van der Waals surface area contributed by atoms with E-state index in [-0.39, 0.29) is 6.61 Å². The molecule has 0 saturated carbocycles. The van der Waals surface area contributed by atoms with Crippen LogP contribution >= 0.6 is 0 Å². The maximum atomic E-state index is 6.11. The first-order valence-electron chi connectivity index (χ1n) is 10.6. The molecule has 12 heteroatoms. The smallest absolute Gasteiger partial charge is 0.240 e. The first-order chi connectivity index (χ1) is 16.0. The number of benzene rings is 1. The number of ether oxygens (including phenoxy) is 2. The number of hydrogen-bond donors (Lipinski definition) is 0. The summed E-state index contributed by atoms with van der Waals surface area (Å²) >= 11 is 0. The lowest BCUT2D eigenvalue weighted by Gasteiger charge is -2.15. The van der Waals surface area contributed by atoms with Crippen molar-refractivity contribution in [2.24, 2.45) is 0 Å². The summed E-state index contributed by atoms with van der Waals surface area (Å²) in [5.41, 5.74) is 1.14. The van der Waals surface area contributed by atoms with E-state index in [0.29, 0.717) is 42.2 Å². The highest BCUT2D eigenvalue weighted by Gasteiger charge is 2.18. The zero-order chi connectivity index (χ0) is 22.8. The molecule has 4 aromatic heterocycles. The Bertz CT molecular complexity index is 1370. The maximum absolute atomic E-state index is 6.11. The van der Waals surface area contributed by atoms with Gasteiger partial charge in [-0.05, 0) is 12.1 Å². The van der Waals surface area contributed by atoms with Crippen LogP contribution in [0.4, 0.5) is 0 Å². The van der Waals surface area contributed by atoms with Crippen LogP contribution in [-0.4, -0.2) is 54.4 Å². The lowest BCUT2D eigenvalue weighted by atomic mass is 10.2. The van der Waals surface area contributed by atoms with E-state index < -0.39 is 8.07 Å². The maximum Gasteiger partial charge on any atom is 0.240 e. The fraction of sp³-hybridized carbons (Fsp3) is 0.333. The van der Waals surface area contributed by atoms with Crippen LogP contribution in [0.1, 0.15) is 5.82 Å². The third-order valence-corrected chi connectivity index (χ3v) is 6.84. The molecule has 0 amide bonds. The van der Waals surface area contributed by atoms with E-state index in [9.17, 15) is 0 Å². The highest BCUT2D eigenvalue weighted by atomic mass is 28.3. The number of hydrogen-bond acceptors (Lipinski definition) is 9. The summed E-state index contributed by atoms with van der Waals surface area (Å²) in [6.07, 6.45) is 2.98. The van der Waals surface area contributed by atoms with Crippen molar-refractivity contribution in [3.05, 3.63) is 48.7 Å². The van der Waals surface area contributed by atoms with Crippen molar-refractivity contribution in [3.8, 4) is 17.4 Å². The highest BCUT2D eigenvalue weighted by Crippen LogP contribution is 2.28. The minimum atomic E-state index is -1.15. The summed E-state index contributed by atoms with van der Waals surface area (Å²) in [6.45, 7) is 8.19. The molecule has 0 saturated heterocycles. The molecule has 0 N–H and O–H groups in total. The first-order valence-corrected chi connectivity index (χ1v) is 14.3. The standard InChI is InChI=1S/C21H24N8O3Si/c1-33(2,3)11-10-30-14-28-18(22-13-23-28)12-31-21-16-7-5-4-6-15(16)19-24-25-20(29(19)26-21)17-8-9-32-27-17/h4-9,13H,10-12,14H2,1-3H3. The van der Waals surface area contributed by atoms with Gasteiger partial charge >= 0.3 is 0 Å². The summed E-state index contributed by atoms with van der Waals surface area (Å²) in [6, 6.07) is 10.6. The average molecular weight is 465 g/mol. The van der Waals surface area contributed by atoms with E-state index in [0.717, 1.165) is 16.8 Å². The van der Waals surface area contributed by atoms with Gasteiger partial charge in [0.25, 0.3) is 0 Å². The number of nitrogens with zero attached hydrogens (tertiary/aromatic N) is 8. The van der Waals surface area contributed by atoms with Crippen molar-refractivity contribution < 1.29 is 14.0 Å². The zero-order valence-electron chi connectivity index (χ0n) is 18.7. The van der Waals surface area contributed by atoms with Crippen molar-refractivity contribution in [3.63, 3.8) is 0 Å². The van der Waals surface area contributed by atoms with Crippen LogP contribution in [-0.2, 0) is 18.1 Å². The van der Waals surface area contributed by atoms with Crippen LogP contribution in [0, 0.1) is 0 Å². The van der Waals surface area contributed by atoms with E-state index in [1.54, 1.807) is 15.3 Å². The molecule has 170 valence electrons. The monoisotopic (exact) mass is 464 g/mol. The topological polar surface area (TPSA) is 118 Å². The zero-order valence-corrected chi connectivity index (χ0v) is 19.7. The Balaban J connectivity index is 1.40. The van der Waals surface area contributed by atoms with Gasteiger partial charge in [0.05, 0.1) is 0 Å². The molecule has 0 aliphatic rings. The number of fused-ring (bicyclic) bond motifs is 3. The van der Waals surface area contributed by atoms with Gasteiger partial charge in [-0.2, -0.15) is 9.61 Å². The lowest BCUT2D eigenvalue weighted by molar-refractivity contribution is 0.0732. The summed E-state index contributed by atoms with van der Waals surface area (Å²) in [5.74, 6) is 1.54. The second kappa shape index (κ2) is 8.71. The Morgan fingerprint density at radius 3 is 2.70 bits per heavy atom. The average Bonchev–Trinajstić information content (AvgIpc) is 3.55. The van der Waals surface area contributed by atoms with E-state index in [2.05, 4.69) is 50.2 Å². The van der Waals surface area contributed by atoms with Gasteiger partial charge in [-0.15, -0.1) is 15.3 Å². The van der Waals surface area contributed by atoms with E-state index in [1.807, 2.05) is 24.3 Å². The van der Waals surface area contributed by atoms with Crippen molar-refractivity contribution >= 4 is 24.5 Å². The molecule has 0 unspecified atom stereocenters. The van der Waals surface area contributed by atoms with Crippen LogP contribution in [0.2, 0.25) is 25.7 Å². The molecule has 0 fully saturated rings. The molecule has 0 spiro atoms. The molecule has 0 bridgehead atoms. The third-order valence-electron chi connectivity index (χ3n) is 5.14. The normalized spacial score (nSPS) is 12.1. The molecular formula is C21H24N8O3Si. The van der Waals surface area contributed by atoms with Gasteiger partial charge in [0.1, 0.15) is 25.9 Å². The molecule has 0 radical (unpaired) electrons. The second-order valence-corrected chi connectivity index (χ2v) is 14.4. The van der Waals surface area contributed by atoms with Crippen LogP contribution in [0.15, 0.2) is 47.4 Å².